The van der Waals surface area contributed by atoms with Gasteiger partial charge in [-0.25, -0.2) is 0 Å². The van der Waals surface area contributed by atoms with Gasteiger partial charge in [0, 0.05) is 25.2 Å². The molecule has 0 aliphatic carbocycles. The molecule has 5 nitrogen and oxygen atoms in total. The topological polar surface area (TPSA) is 58.4 Å². The Hall–Kier alpha value is -1.36. The van der Waals surface area contributed by atoms with E-state index in [1.165, 1.54) is 6.20 Å². The van der Waals surface area contributed by atoms with Crippen LogP contribution < -0.4 is 5.32 Å². The number of carbonyl (C=O) groups is 1. The fraction of sp³-hybridized carbons (Fsp3) is 0.556. The highest BCUT2D eigenvalue weighted by Crippen LogP contribution is 2.25. The van der Waals surface area contributed by atoms with Crippen molar-refractivity contribution < 1.29 is 9.32 Å². The Bertz CT molecular complexity index is 349. The lowest BCUT2D eigenvalue weighted by Crippen LogP contribution is -2.60. The molecule has 2 atom stereocenters. The Kier molecular flexibility index (Phi) is 1.61. The number of nitrogens with zero attached hydrogens (tertiary/aromatic N) is 2. The summed E-state index contributed by atoms with van der Waals surface area (Å²) in [6.07, 6.45) is 2.55. The van der Waals surface area contributed by atoms with Gasteiger partial charge in [0.2, 0.25) is 5.76 Å². The molecule has 3 rings (SSSR count). The molecule has 0 bridgehead atoms. The van der Waals surface area contributed by atoms with Crippen LogP contribution in [0.5, 0.6) is 0 Å². The van der Waals surface area contributed by atoms with Crippen LogP contribution >= 0.6 is 0 Å². The Labute approximate surface area is 81.0 Å². The van der Waals surface area contributed by atoms with E-state index in [0.29, 0.717) is 17.8 Å². The first-order chi connectivity index (χ1) is 6.86. The highest BCUT2D eigenvalue weighted by Gasteiger charge is 2.43. The van der Waals surface area contributed by atoms with Crippen LogP contribution in [0.1, 0.15) is 17.0 Å². The first-order valence-corrected chi connectivity index (χ1v) is 4.81. The van der Waals surface area contributed by atoms with Crippen LogP contribution in [0.25, 0.3) is 0 Å². The monoisotopic (exact) mass is 193 g/mol. The zero-order valence-electron chi connectivity index (χ0n) is 7.64. The maximum atomic E-state index is 11.9. The van der Waals surface area contributed by atoms with Gasteiger partial charge in [-0.2, -0.15) is 0 Å². The van der Waals surface area contributed by atoms with Gasteiger partial charge in [0.15, 0.2) is 0 Å². The molecule has 1 aromatic rings. The van der Waals surface area contributed by atoms with Crippen LogP contribution in [0.2, 0.25) is 0 Å². The van der Waals surface area contributed by atoms with E-state index in [-0.39, 0.29) is 5.91 Å². The number of rotatable bonds is 1. The molecular formula is C9H11N3O2. The second-order valence-corrected chi connectivity index (χ2v) is 3.75. The van der Waals surface area contributed by atoms with E-state index in [1.807, 2.05) is 4.90 Å². The minimum absolute atomic E-state index is 0.0310. The Morgan fingerprint density at radius 3 is 3.21 bits per heavy atom. The molecule has 0 aromatic carbocycles. The van der Waals surface area contributed by atoms with Gasteiger partial charge in [-0.3, -0.25) is 4.79 Å². The maximum absolute atomic E-state index is 11.9. The third-order valence-electron chi connectivity index (χ3n) is 3.04. The molecule has 2 aliphatic rings. The predicted octanol–water partition coefficient (Wildman–Crippen LogP) is -0.139. The van der Waals surface area contributed by atoms with Gasteiger partial charge in [0.05, 0.1) is 12.2 Å². The molecular weight excluding hydrogens is 182 g/mol. The molecule has 0 saturated carbocycles. The maximum Gasteiger partial charge on any atom is 0.292 e. The van der Waals surface area contributed by atoms with Gasteiger partial charge in [-0.1, -0.05) is 5.16 Å². The van der Waals surface area contributed by atoms with Crippen molar-refractivity contribution in [1.82, 2.24) is 15.4 Å². The van der Waals surface area contributed by atoms with Crippen LogP contribution in [0.15, 0.2) is 16.8 Å². The first kappa shape index (κ1) is 7.99. The first-order valence-electron chi connectivity index (χ1n) is 4.81. The number of nitrogens with one attached hydrogen (secondary N) is 1. The summed E-state index contributed by atoms with van der Waals surface area (Å²) in [5, 5.41) is 6.84. The number of fused-ring (bicyclic) bond motifs is 1. The van der Waals surface area contributed by atoms with E-state index in [1.54, 1.807) is 6.07 Å². The molecule has 1 amide bonds. The highest BCUT2D eigenvalue weighted by molar-refractivity contribution is 5.91. The van der Waals surface area contributed by atoms with Gasteiger partial charge < -0.3 is 14.7 Å². The summed E-state index contributed by atoms with van der Waals surface area (Å²) in [6.45, 7) is 1.73. The molecule has 1 aromatic heterocycles. The average molecular weight is 193 g/mol. The van der Waals surface area contributed by atoms with Crippen molar-refractivity contribution in [2.24, 2.45) is 0 Å². The summed E-state index contributed by atoms with van der Waals surface area (Å²) >= 11 is 0. The van der Waals surface area contributed by atoms with E-state index in [9.17, 15) is 4.79 Å². The lowest BCUT2D eigenvalue weighted by molar-refractivity contribution is 0.0637. The van der Waals surface area contributed by atoms with Gasteiger partial charge in [0.1, 0.15) is 0 Å². The third kappa shape index (κ3) is 0.988. The van der Waals surface area contributed by atoms with Crippen LogP contribution in [-0.4, -0.2) is 41.1 Å². The molecule has 5 heteroatoms. The number of likely N-dealkylation sites (tertiary alicyclic amines) is 1. The lowest BCUT2D eigenvalue weighted by atomic mass is 10.0. The van der Waals surface area contributed by atoms with Gasteiger partial charge in [-0.15, -0.1) is 0 Å². The summed E-state index contributed by atoms with van der Waals surface area (Å²) in [7, 11) is 0. The van der Waals surface area contributed by atoms with Crippen LogP contribution in [-0.2, 0) is 0 Å². The number of aromatic nitrogens is 1. The van der Waals surface area contributed by atoms with Crippen molar-refractivity contribution in [3.8, 4) is 0 Å². The molecule has 2 aliphatic heterocycles. The zero-order chi connectivity index (χ0) is 9.54. The van der Waals surface area contributed by atoms with E-state index in [0.717, 1.165) is 19.5 Å². The van der Waals surface area contributed by atoms with Crippen molar-refractivity contribution >= 4 is 5.91 Å². The Morgan fingerprint density at radius 1 is 1.71 bits per heavy atom. The second-order valence-electron chi connectivity index (χ2n) is 3.75. The quantitative estimate of drug-likeness (QED) is 0.674. The normalized spacial score (nSPS) is 29.9. The second kappa shape index (κ2) is 2.81. The van der Waals surface area contributed by atoms with Crippen molar-refractivity contribution in [2.45, 2.75) is 18.5 Å². The predicted molar refractivity (Wildman–Crippen MR) is 47.7 cm³/mol. The standard InChI is InChI=1S/C9H11N3O2/c13-9(8-1-3-11-14-8)12-4-2-6-7(12)5-10-6/h1,3,6-7,10H,2,4-5H2. The molecule has 14 heavy (non-hydrogen) atoms. The number of hydrogen-bond acceptors (Lipinski definition) is 4. The zero-order valence-corrected chi connectivity index (χ0v) is 7.64. The third-order valence-corrected chi connectivity index (χ3v) is 3.04. The Balaban J connectivity index is 1.80. The van der Waals surface area contributed by atoms with Gasteiger partial charge >= 0.3 is 0 Å². The van der Waals surface area contributed by atoms with Crippen LogP contribution in [0.3, 0.4) is 0 Å². The SMILES string of the molecule is O=C(c1ccno1)N1CCC2NCC21. The van der Waals surface area contributed by atoms with E-state index < -0.39 is 0 Å². The van der Waals surface area contributed by atoms with Crippen LogP contribution in [0, 0.1) is 0 Å². The minimum Gasteiger partial charge on any atom is -0.351 e. The molecule has 0 radical (unpaired) electrons. The molecule has 2 saturated heterocycles. The fourth-order valence-electron chi connectivity index (χ4n) is 2.18. The summed E-state index contributed by atoms with van der Waals surface area (Å²) in [5.74, 6) is 0.314. The summed E-state index contributed by atoms with van der Waals surface area (Å²) in [6, 6.07) is 2.48. The minimum atomic E-state index is -0.0310. The molecule has 74 valence electrons. The lowest BCUT2D eigenvalue weighted by Gasteiger charge is -2.36. The van der Waals surface area contributed by atoms with Gasteiger partial charge in [0.25, 0.3) is 5.91 Å². The average Bonchev–Trinajstić information content (AvgIpc) is 2.73. The highest BCUT2D eigenvalue weighted by atomic mass is 16.5. The molecule has 0 spiro atoms. The molecule has 2 unspecified atom stereocenters. The number of carbonyl (C=O) groups excluding carboxylic acids is 1. The number of hydrogen-bond donors (Lipinski definition) is 1. The van der Waals surface area contributed by atoms with Crippen LogP contribution in [0.4, 0.5) is 0 Å². The van der Waals surface area contributed by atoms with E-state index in [2.05, 4.69) is 10.5 Å². The fourth-order valence-corrected chi connectivity index (χ4v) is 2.18. The Morgan fingerprint density at radius 2 is 2.64 bits per heavy atom. The van der Waals surface area contributed by atoms with Crippen molar-refractivity contribution in [1.29, 1.82) is 0 Å². The van der Waals surface area contributed by atoms with Crippen molar-refractivity contribution in [3.63, 3.8) is 0 Å². The molecule has 2 fully saturated rings. The van der Waals surface area contributed by atoms with Gasteiger partial charge in [-0.05, 0) is 6.42 Å². The summed E-state index contributed by atoms with van der Waals surface area (Å²) in [5.41, 5.74) is 0. The van der Waals surface area contributed by atoms with E-state index >= 15 is 0 Å². The molecule has 1 N–H and O–H groups in total. The largest absolute Gasteiger partial charge is 0.351 e. The summed E-state index contributed by atoms with van der Waals surface area (Å²) < 4.78 is 4.85. The van der Waals surface area contributed by atoms with E-state index in [4.69, 9.17) is 4.52 Å². The van der Waals surface area contributed by atoms with Crippen molar-refractivity contribution in [2.75, 3.05) is 13.1 Å². The summed E-state index contributed by atoms with van der Waals surface area (Å²) in [4.78, 5) is 13.7. The number of amides is 1. The smallest absolute Gasteiger partial charge is 0.292 e. The molecule has 3 heterocycles. The van der Waals surface area contributed by atoms with Crippen molar-refractivity contribution in [3.05, 3.63) is 18.0 Å².